The molecular formula is C11H15NO3. The van der Waals surface area contributed by atoms with Crippen LogP contribution in [0.25, 0.3) is 0 Å². The molecule has 0 saturated carbocycles. The van der Waals surface area contributed by atoms with Crippen LogP contribution in [-0.4, -0.2) is 29.6 Å². The minimum Gasteiger partial charge on any atom is -0.508 e. The third-order valence-electron chi connectivity index (χ3n) is 2.23. The SMILES string of the molecule is CNCC(=O)c1cc(CO)c(O)cc1C. The van der Waals surface area contributed by atoms with Crippen LogP contribution < -0.4 is 5.32 Å². The Labute approximate surface area is 88.6 Å². The van der Waals surface area contributed by atoms with Crippen LogP contribution in [0, 0.1) is 6.92 Å². The fourth-order valence-corrected chi connectivity index (χ4v) is 1.42. The maximum absolute atomic E-state index is 11.6. The number of benzene rings is 1. The molecule has 1 rings (SSSR count). The van der Waals surface area contributed by atoms with Gasteiger partial charge in [0.05, 0.1) is 13.2 Å². The number of nitrogens with one attached hydrogen (secondary N) is 1. The number of carbonyl (C=O) groups is 1. The van der Waals surface area contributed by atoms with Gasteiger partial charge in [-0.2, -0.15) is 0 Å². The molecule has 0 aliphatic heterocycles. The van der Waals surface area contributed by atoms with Crippen molar-refractivity contribution in [3.8, 4) is 5.75 Å². The summed E-state index contributed by atoms with van der Waals surface area (Å²) in [7, 11) is 1.70. The van der Waals surface area contributed by atoms with E-state index in [9.17, 15) is 9.90 Å². The molecule has 15 heavy (non-hydrogen) atoms. The highest BCUT2D eigenvalue weighted by Crippen LogP contribution is 2.22. The number of carbonyl (C=O) groups excluding carboxylic acids is 1. The number of aliphatic hydroxyl groups is 1. The van der Waals surface area contributed by atoms with Crippen LogP contribution in [0.1, 0.15) is 21.5 Å². The molecule has 1 aromatic rings. The first-order valence-electron chi connectivity index (χ1n) is 4.71. The van der Waals surface area contributed by atoms with Crippen LogP contribution in [0.2, 0.25) is 0 Å². The Balaban J connectivity index is 3.12. The van der Waals surface area contributed by atoms with Gasteiger partial charge in [-0.25, -0.2) is 0 Å². The van der Waals surface area contributed by atoms with Crippen molar-refractivity contribution in [1.29, 1.82) is 0 Å². The Morgan fingerprint density at radius 3 is 2.67 bits per heavy atom. The zero-order valence-electron chi connectivity index (χ0n) is 8.87. The van der Waals surface area contributed by atoms with E-state index in [4.69, 9.17) is 5.11 Å². The molecule has 0 amide bonds. The quantitative estimate of drug-likeness (QED) is 0.635. The Morgan fingerprint density at radius 1 is 1.47 bits per heavy atom. The second-order valence-electron chi connectivity index (χ2n) is 3.41. The van der Waals surface area contributed by atoms with E-state index in [-0.39, 0.29) is 24.7 Å². The minimum absolute atomic E-state index is 0.0241. The lowest BCUT2D eigenvalue weighted by molar-refractivity contribution is 0.0993. The zero-order valence-corrected chi connectivity index (χ0v) is 8.87. The molecule has 4 nitrogen and oxygen atoms in total. The van der Waals surface area contributed by atoms with Gasteiger partial charge in [-0.05, 0) is 31.7 Å². The highest BCUT2D eigenvalue weighted by Gasteiger charge is 2.11. The van der Waals surface area contributed by atoms with Crippen molar-refractivity contribution in [3.63, 3.8) is 0 Å². The van der Waals surface area contributed by atoms with Crippen molar-refractivity contribution >= 4 is 5.78 Å². The average molecular weight is 209 g/mol. The molecule has 0 aliphatic rings. The lowest BCUT2D eigenvalue weighted by atomic mass is 10.0. The van der Waals surface area contributed by atoms with Gasteiger partial charge in [0.2, 0.25) is 0 Å². The van der Waals surface area contributed by atoms with E-state index in [0.29, 0.717) is 16.7 Å². The normalized spacial score (nSPS) is 10.3. The first-order valence-corrected chi connectivity index (χ1v) is 4.71. The lowest BCUT2D eigenvalue weighted by Crippen LogP contribution is -2.19. The number of aryl methyl sites for hydroxylation is 1. The molecule has 1 aromatic carbocycles. The van der Waals surface area contributed by atoms with Crippen molar-refractivity contribution in [2.75, 3.05) is 13.6 Å². The van der Waals surface area contributed by atoms with Gasteiger partial charge in [-0.15, -0.1) is 0 Å². The van der Waals surface area contributed by atoms with E-state index in [0.717, 1.165) is 0 Å². The number of hydrogen-bond donors (Lipinski definition) is 3. The predicted octanol–water partition coefficient (Wildman–Crippen LogP) is 0.595. The van der Waals surface area contributed by atoms with Crippen LogP contribution in [0.3, 0.4) is 0 Å². The largest absolute Gasteiger partial charge is 0.508 e. The summed E-state index contributed by atoms with van der Waals surface area (Å²) in [6.07, 6.45) is 0. The standard InChI is InChI=1S/C11H15NO3/c1-7-3-10(14)8(6-13)4-9(7)11(15)5-12-2/h3-4,12-14H,5-6H2,1-2H3. The fraction of sp³-hybridized carbons (Fsp3) is 0.364. The third-order valence-corrected chi connectivity index (χ3v) is 2.23. The third kappa shape index (κ3) is 2.55. The number of rotatable bonds is 4. The molecular weight excluding hydrogens is 194 g/mol. The predicted molar refractivity (Wildman–Crippen MR) is 57.0 cm³/mol. The van der Waals surface area contributed by atoms with Crippen molar-refractivity contribution in [2.24, 2.45) is 0 Å². The number of likely N-dealkylation sites (N-methyl/N-ethyl adjacent to an activating group) is 1. The molecule has 0 fully saturated rings. The molecule has 0 bridgehead atoms. The Hall–Kier alpha value is -1.39. The lowest BCUT2D eigenvalue weighted by Gasteiger charge is -2.08. The average Bonchev–Trinajstić information content (AvgIpc) is 2.18. The van der Waals surface area contributed by atoms with E-state index in [1.54, 1.807) is 14.0 Å². The summed E-state index contributed by atoms with van der Waals surface area (Å²) in [5.74, 6) is -0.0271. The van der Waals surface area contributed by atoms with Crippen LogP contribution in [0.4, 0.5) is 0 Å². The maximum atomic E-state index is 11.6. The Morgan fingerprint density at radius 2 is 2.13 bits per heavy atom. The summed E-state index contributed by atoms with van der Waals surface area (Å²) in [5.41, 5.74) is 1.62. The Kier molecular flexibility index (Phi) is 3.82. The number of phenols is 1. The number of aromatic hydroxyl groups is 1. The van der Waals surface area contributed by atoms with Gasteiger partial charge >= 0.3 is 0 Å². The first kappa shape index (κ1) is 11.7. The molecule has 0 spiro atoms. The highest BCUT2D eigenvalue weighted by molar-refractivity contribution is 5.99. The van der Waals surface area contributed by atoms with Gasteiger partial charge in [0.25, 0.3) is 0 Å². The molecule has 0 saturated heterocycles. The summed E-state index contributed by atoms with van der Waals surface area (Å²) in [6.45, 7) is 1.73. The summed E-state index contributed by atoms with van der Waals surface area (Å²) in [4.78, 5) is 11.6. The minimum atomic E-state index is -0.272. The van der Waals surface area contributed by atoms with E-state index in [1.165, 1.54) is 12.1 Å². The van der Waals surface area contributed by atoms with E-state index in [2.05, 4.69) is 5.32 Å². The highest BCUT2D eigenvalue weighted by atomic mass is 16.3. The zero-order chi connectivity index (χ0) is 11.4. The van der Waals surface area contributed by atoms with Crippen molar-refractivity contribution in [1.82, 2.24) is 5.32 Å². The molecule has 4 heteroatoms. The molecule has 0 aliphatic carbocycles. The molecule has 0 radical (unpaired) electrons. The Bertz CT molecular complexity index is 374. The molecule has 82 valence electrons. The smallest absolute Gasteiger partial charge is 0.176 e. The van der Waals surface area contributed by atoms with E-state index in [1.807, 2.05) is 0 Å². The summed E-state index contributed by atoms with van der Waals surface area (Å²) in [5, 5.41) is 21.2. The molecule has 0 aromatic heterocycles. The number of Topliss-reactive ketones (excluding diaryl/α,β-unsaturated/α-hetero) is 1. The number of hydrogen-bond acceptors (Lipinski definition) is 4. The summed E-state index contributed by atoms with van der Waals surface area (Å²) < 4.78 is 0. The van der Waals surface area contributed by atoms with Gasteiger partial charge in [0.15, 0.2) is 5.78 Å². The monoisotopic (exact) mass is 209 g/mol. The van der Waals surface area contributed by atoms with Gasteiger partial charge in [-0.3, -0.25) is 4.79 Å². The summed E-state index contributed by atoms with van der Waals surface area (Å²) in [6, 6.07) is 3.03. The molecule has 0 atom stereocenters. The second-order valence-corrected chi connectivity index (χ2v) is 3.41. The fourth-order valence-electron chi connectivity index (χ4n) is 1.42. The topological polar surface area (TPSA) is 69.6 Å². The number of aliphatic hydroxyl groups excluding tert-OH is 1. The maximum Gasteiger partial charge on any atom is 0.176 e. The number of ketones is 1. The molecule has 3 N–H and O–H groups in total. The van der Waals surface area contributed by atoms with Crippen molar-refractivity contribution < 1.29 is 15.0 Å². The van der Waals surface area contributed by atoms with Crippen LogP contribution in [0.5, 0.6) is 5.75 Å². The van der Waals surface area contributed by atoms with Gasteiger partial charge in [-0.1, -0.05) is 0 Å². The van der Waals surface area contributed by atoms with Crippen LogP contribution in [0.15, 0.2) is 12.1 Å². The summed E-state index contributed by atoms with van der Waals surface area (Å²) >= 11 is 0. The van der Waals surface area contributed by atoms with Gasteiger partial charge < -0.3 is 15.5 Å². The van der Waals surface area contributed by atoms with Crippen molar-refractivity contribution in [2.45, 2.75) is 13.5 Å². The van der Waals surface area contributed by atoms with Crippen molar-refractivity contribution in [3.05, 3.63) is 28.8 Å². The van der Waals surface area contributed by atoms with Crippen LogP contribution in [-0.2, 0) is 6.61 Å². The van der Waals surface area contributed by atoms with Crippen LogP contribution >= 0.6 is 0 Å². The van der Waals surface area contributed by atoms with E-state index >= 15 is 0 Å². The molecule has 0 heterocycles. The van der Waals surface area contributed by atoms with Gasteiger partial charge in [0, 0.05) is 11.1 Å². The second kappa shape index (κ2) is 4.91. The first-order chi connectivity index (χ1) is 7.10. The molecule has 0 unspecified atom stereocenters. The van der Waals surface area contributed by atoms with Gasteiger partial charge in [0.1, 0.15) is 5.75 Å². The van der Waals surface area contributed by atoms with E-state index < -0.39 is 0 Å².